The SMILES string of the molecule is COc1c(Br)cc(Br)cc1/C=C1/C(=O)C2CCN1CC2. The number of hydrogen-bond donors (Lipinski definition) is 0. The van der Waals surface area contributed by atoms with Gasteiger partial charge in [-0.15, -0.1) is 0 Å². The second-order valence-corrected chi connectivity index (χ2v) is 6.94. The third-order valence-corrected chi connectivity index (χ3v) is 5.04. The standard InChI is InChI=1S/C15H15Br2NO2/c1-20-15-10(6-11(16)8-12(15)17)7-13-14(19)9-2-4-18(13)5-3-9/h6-9H,2-5H2,1H3/b13-7-. The van der Waals surface area contributed by atoms with Crippen molar-refractivity contribution in [3.05, 3.63) is 32.3 Å². The number of allylic oxidation sites excluding steroid dienone is 1. The summed E-state index contributed by atoms with van der Waals surface area (Å²) in [5, 5.41) is 0. The first-order valence-corrected chi connectivity index (χ1v) is 8.22. The van der Waals surface area contributed by atoms with Crippen LogP contribution >= 0.6 is 31.9 Å². The summed E-state index contributed by atoms with van der Waals surface area (Å²) < 4.78 is 7.28. The summed E-state index contributed by atoms with van der Waals surface area (Å²) >= 11 is 6.98. The molecule has 0 radical (unpaired) electrons. The van der Waals surface area contributed by atoms with Crippen LogP contribution in [0.5, 0.6) is 5.75 Å². The van der Waals surface area contributed by atoms with Gasteiger partial charge in [-0.1, -0.05) is 15.9 Å². The number of ether oxygens (including phenoxy) is 1. The van der Waals surface area contributed by atoms with Gasteiger partial charge in [0.2, 0.25) is 0 Å². The van der Waals surface area contributed by atoms with E-state index in [9.17, 15) is 4.79 Å². The average molecular weight is 401 g/mol. The summed E-state index contributed by atoms with van der Waals surface area (Å²) in [5.74, 6) is 1.25. The number of nitrogens with zero attached hydrogens (tertiary/aromatic N) is 1. The van der Waals surface area contributed by atoms with Crippen molar-refractivity contribution in [1.29, 1.82) is 0 Å². The summed E-state index contributed by atoms with van der Waals surface area (Å²) in [6, 6.07) is 3.92. The summed E-state index contributed by atoms with van der Waals surface area (Å²) in [4.78, 5) is 14.6. The van der Waals surface area contributed by atoms with Crippen molar-refractivity contribution in [3.63, 3.8) is 0 Å². The lowest BCUT2D eigenvalue weighted by atomic mass is 9.84. The number of halogens is 2. The zero-order valence-electron chi connectivity index (χ0n) is 11.2. The first-order chi connectivity index (χ1) is 9.60. The predicted molar refractivity (Wildman–Crippen MR) is 85.7 cm³/mol. The summed E-state index contributed by atoms with van der Waals surface area (Å²) in [7, 11) is 1.64. The lowest BCUT2D eigenvalue weighted by molar-refractivity contribution is -0.125. The lowest BCUT2D eigenvalue weighted by Crippen LogP contribution is -2.45. The van der Waals surface area contributed by atoms with E-state index in [-0.39, 0.29) is 11.7 Å². The number of carbonyl (C=O) groups excluding carboxylic acids is 1. The maximum absolute atomic E-state index is 12.4. The van der Waals surface area contributed by atoms with Crippen molar-refractivity contribution < 1.29 is 9.53 Å². The van der Waals surface area contributed by atoms with Gasteiger partial charge in [0.25, 0.3) is 0 Å². The average Bonchev–Trinajstić information content (AvgIpc) is 2.43. The molecule has 2 bridgehead atoms. The number of carbonyl (C=O) groups is 1. The molecule has 20 heavy (non-hydrogen) atoms. The number of hydrogen-bond acceptors (Lipinski definition) is 3. The van der Waals surface area contributed by atoms with E-state index in [0.717, 1.165) is 51.9 Å². The molecule has 0 spiro atoms. The number of benzene rings is 1. The molecule has 0 atom stereocenters. The smallest absolute Gasteiger partial charge is 0.182 e. The van der Waals surface area contributed by atoms with E-state index in [1.54, 1.807) is 7.11 Å². The van der Waals surface area contributed by atoms with E-state index in [1.165, 1.54) is 0 Å². The topological polar surface area (TPSA) is 29.5 Å². The van der Waals surface area contributed by atoms with Gasteiger partial charge < -0.3 is 9.64 Å². The quantitative estimate of drug-likeness (QED) is 0.706. The Labute approximate surface area is 135 Å². The Hall–Kier alpha value is -0.810. The van der Waals surface area contributed by atoms with Gasteiger partial charge in [0, 0.05) is 29.0 Å². The van der Waals surface area contributed by atoms with Crippen molar-refractivity contribution in [3.8, 4) is 5.75 Å². The van der Waals surface area contributed by atoms with Crippen LogP contribution in [0.1, 0.15) is 18.4 Å². The summed E-state index contributed by atoms with van der Waals surface area (Å²) in [6.45, 7) is 1.97. The molecule has 3 nitrogen and oxygen atoms in total. The van der Waals surface area contributed by atoms with Crippen LogP contribution in [0.4, 0.5) is 0 Å². The van der Waals surface area contributed by atoms with E-state index in [0.29, 0.717) is 0 Å². The molecule has 0 saturated carbocycles. The highest BCUT2D eigenvalue weighted by atomic mass is 79.9. The van der Waals surface area contributed by atoms with Gasteiger partial charge >= 0.3 is 0 Å². The fraction of sp³-hybridized carbons (Fsp3) is 0.400. The molecule has 5 heteroatoms. The van der Waals surface area contributed by atoms with Crippen LogP contribution in [0.3, 0.4) is 0 Å². The van der Waals surface area contributed by atoms with Gasteiger partial charge in [-0.05, 0) is 47.0 Å². The molecule has 4 rings (SSSR count). The van der Waals surface area contributed by atoms with Crippen molar-refractivity contribution >= 4 is 43.7 Å². The van der Waals surface area contributed by atoms with E-state index in [4.69, 9.17) is 4.74 Å². The number of methoxy groups -OCH3 is 1. The largest absolute Gasteiger partial charge is 0.495 e. The fourth-order valence-corrected chi connectivity index (χ4v) is 4.38. The van der Waals surface area contributed by atoms with Gasteiger partial charge in [-0.2, -0.15) is 0 Å². The Bertz CT molecular complexity index is 590. The van der Waals surface area contributed by atoms with Crippen LogP contribution in [0.25, 0.3) is 6.08 Å². The number of piperidine rings is 3. The van der Waals surface area contributed by atoms with Gasteiger partial charge in [0.05, 0.1) is 17.3 Å². The Kier molecular flexibility index (Phi) is 3.91. The Balaban J connectivity index is 2.06. The lowest BCUT2D eigenvalue weighted by Gasteiger charge is -2.41. The predicted octanol–water partition coefficient (Wildman–Crippen LogP) is 3.86. The zero-order valence-corrected chi connectivity index (χ0v) is 14.3. The molecule has 0 unspecified atom stereocenters. The highest BCUT2D eigenvalue weighted by Crippen LogP contribution is 2.37. The third-order valence-electron chi connectivity index (χ3n) is 3.99. The van der Waals surface area contributed by atoms with E-state index < -0.39 is 0 Å². The molecular formula is C15H15Br2NO2. The van der Waals surface area contributed by atoms with Gasteiger partial charge in [-0.3, -0.25) is 4.79 Å². The molecule has 3 heterocycles. The van der Waals surface area contributed by atoms with Crippen molar-refractivity contribution in [2.24, 2.45) is 5.92 Å². The molecule has 0 aromatic heterocycles. The molecular weight excluding hydrogens is 386 g/mol. The minimum atomic E-state index is 0.216. The maximum Gasteiger partial charge on any atom is 0.182 e. The summed E-state index contributed by atoms with van der Waals surface area (Å²) in [5.41, 5.74) is 1.75. The molecule has 3 aliphatic rings. The van der Waals surface area contributed by atoms with Gasteiger partial charge in [-0.25, -0.2) is 0 Å². The highest BCUT2D eigenvalue weighted by molar-refractivity contribution is 9.11. The van der Waals surface area contributed by atoms with Crippen LogP contribution in [-0.4, -0.2) is 30.9 Å². The van der Waals surface area contributed by atoms with E-state index in [2.05, 4.69) is 36.8 Å². The van der Waals surface area contributed by atoms with Crippen LogP contribution < -0.4 is 4.74 Å². The van der Waals surface area contributed by atoms with Gasteiger partial charge in [0.15, 0.2) is 5.78 Å². The van der Waals surface area contributed by atoms with Crippen LogP contribution in [0.15, 0.2) is 26.8 Å². The second-order valence-electron chi connectivity index (χ2n) is 5.17. The highest BCUT2D eigenvalue weighted by Gasteiger charge is 2.36. The Morgan fingerprint density at radius 3 is 2.60 bits per heavy atom. The molecule has 1 aromatic rings. The minimum absolute atomic E-state index is 0.216. The fourth-order valence-electron chi connectivity index (χ4n) is 2.96. The van der Waals surface area contributed by atoms with Crippen molar-refractivity contribution in [1.82, 2.24) is 4.90 Å². The molecule has 3 fully saturated rings. The van der Waals surface area contributed by atoms with Crippen molar-refractivity contribution in [2.45, 2.75) is 12.8 Å². The van der Waals surface area contributed by atoms with Crippen LogP contribution in [0, 0.1) is 5.92 Å². The maximum atomic E-state index is 12.4. The number of ketones is 1. The second kappa shape index (κ2) is 5.53. The minimum Gasteiger partial charge on any atom is -0.495 e. The van der Waals surface area contributed by atoms with Gasteiger partial charge in [0.1, 0.15) is 5.75 Å². The zero-order chi connectivity index (χ0) is 14.3. The monoisotopic (exact) mass is 399 g/mol. The molecule has 0 aliphatic carbocycles. The molecule has 0 N–H and O–H groups in total. The van der Waals surface area contributed by atoms with Crippen molar-refractivity contribution in [2.75, 3.05) is 20.2 Å². The Morgan fingerprint density at radius 1 is 1.30 bits per heavy atom. The molecule has 3 saturated heterocycles. The molecule has 1 aromatic carbocycles. The van der Waals surface area contributed by atoms with Crippen LogP contribution in [0.2, 0.25) is 0 Å². The molecule has 3 aliphatic heterocycles. The first kappa shape index (κ1) is 14.1. The number of rotatable bonds is 2. The third kappa shape index (κ3) is 2.42. The van der Waals surface area contributed by atoms with Crippen LogP contribution in [-0.2, 0) is 4.79 Å². The summed E-state index contributed by atoms with van der Waals surface area (Å²) in [6.07, 6.45) is 3.95. The number of fused-ring (bicyclic) bond motifs is 3. The molecule has 106 valence electrons. The number of Topliss-reactive ketones (excluding diaryl/α,β-unsaturated/α-hetero) is 1. The normalized spacial score (nSPS) is 20.9. The van der Waals surface area contributed by atoms with E-state index >= 15 is 0 Å². The van der Waals surface area contributed by atoms with E-state index in [1.807, 2.05) is 18.2 Å². The first-order valence-electron chi connectivity index (χ1n) is 6.64. The molecule has 0 amide bonds. The Morgan fingerprint density at radius 2 is 2.00 bits per heavy atom.